The molecule has 0 saturated carbocycles. The van der Waals surface area contributed by atoms with Crippen molar-refractivity contribution >= 4 is 10.2 Å². The van der Waals surface area contributed by atoms with E-state index in [1.807, 2.05) is 31.2 Å². The molecule has 1 saturated heterocycles. The van der Waals surface area contributed by atoms with Crippen molar-refractivity contribution in [3.05, 3.63) is 29.8 Å². The third kappa shape index (κ3) is 6.26. The molecule has 1 aromatic carbocycles. The SMILES string of the molecule is CCCNS(=O)(=O)NCC(c1ccc(OC)cc1)N1CCC(C)CC1. The molecule has 0 aromatic heterocycles. The van der Waals surface area contributed by atoms with E-state index < -0.39 is 10.2 Å². The Labute approximate surface area is 152 Å². The van der Waals surface area contributed by atoms with Gasteiger partial charge in [-0.25, -0.2) is 9.44 Å². The van der Waals surface area contributed by atoms with Crippen LogP contribution in [0.2, 0.25) is 0 Å². The lowest BCUT2D eigenvalue weighted by molar-refractivity contribution is 0.139. The summed E-state index contributed by atoms with van der Waals surface area (Å²) in [5.74, 6) is 1.54. The summed E-state index contributed by atoms with van der Waals surface area (Å²) in [7, 11) is -1.82. The molecule has 1 heterocycles. The van der Waals surface area contributed by atoms with Crippen LogP contribution in [0.5, 0.6) is 5.75 Å². The van der Waals surface area contributed by atoms with E-state index in [0.717, 1.165) is 49.6 Å². The van der Waals surface area contributed by atoms with Crippen molar-refractivity contribution in [2.24, 2.45) is 5.92 Å². The molecule has 25 heavy (non-hydrogen) atoms. The average Bonchev–Trinajstić information content (AvgIpc) is 2.62. The zero-order valence-electron chi connectivity index (χ0n) is 15.5. The van der Waals surface area contributed by atoms with Gasteiger partial charge < -0.3 is 4.74 Å². The molecule has 142 valence electrons. The summed E-state index contributed by atoms with van der Waals surface area (Å²) in [5, 5.41) is 0. The zero-order valence-corrected chi connectivity index (χ0v) is 16.3. The topological polar surface area (TPSA) is 70.7 Å². The van der Waals surface area contributed by atoms with E-state index >= 15 is 0 Å². The van der Waals surface area contributed by atoms with Crippen LogP contribution in [0, 0.1) is 5.92 Å². The highest BCUT2D eigenvalue weighted by atomic mass is 32.2. The molecule has 1 aliphatic rings. The van der Waals surface area contributed by atoms with Crippen LogP contribution in [0.3, 0.4) is 0 Å². The van der Waals surface area contributed by atoms with Crippen molar-refractivity contribution in [3.63, 3.8) is 0 Å². The van der Waals surface area contributed by atoms with Crippen molar-refractivity contribution in [2.45, 2.75) is 39.2 Å². The maximum absolute atomic E-state index is 12.1. The Morgan fingerprint density at radius 3 is 2.40 bits per heavy atom. The molecule has 7 heteroatoms. The van der Waals surface area contributed by atoms with Crippen molar-refractivity contribution < 1.29 is 13.2 Å². The second-order valence-corrected chi connectivity index (χ2v) is 8.34. The Balaban J connectivity index is 2.11. The van der Waals surface area contributed by atoms with Gasteiger partial charge in [-0.15, -0.1) is 0 Å². The van der Waals surface area contributed by atoms with Gasteiger partial charge in [0.25, 0.3) is 10.2 Å². The van der Waals surface area contributed by atoms with Crippen molar-refractivity contribution in [2.75, 3.05) is 33.3 Å². The molecule has 0 amide bonds. The molecule has 0 spiro atoms. The van der Waals surface area contributed by atoms with Gasteiger partial charge >= 0.3 is 0 Å². The lowest BCUT2D eigenvalue weighted by Crippen LogP contribution is -2.44. The van der Waals surface area contributed by atoms with Gasteiger partial charge in [-0.2, -0.15) is 8.42 Å². The Morgan fingerprint density at radius 1 is 1.20 bits per heavy atom. The normalized spacial score (nSPS) is 18.2. The van der Waals surface area contributed by atoms with Gasteiger partial charge in [0.1, 0.15) is 5.75 Å². The minimum Gasteiger partial charge on any atom is -0.497 e. The Kier molecular flexibility index (Phi) is 7.68. The highest BCUT2D eigenvalue weighted by Gasteiger charge is 2.26. The number of hydrogen-bond acceptors (Lipinski definition) is 4. The summed E-state index contributed by atoms with van der Waals surface area (Å²) in [6.45, 7) is 7.00. The molecule has 1 aromatic rings. The van der Waals surface area contributed by atoms with Crippen LogP contribution in [0.25, 0.3) is 0 Å². The van der Waals surface area contributed by atoms with Crippen molar-refractivity contribution in [3.8, 4) is 5.75 Å². The Morgan fingerprint density at radius 2 is 1.84 bits per heavy atom. The minimum absolute atomic E-state index is 0.0246. The van der Waals surface area contributed by atoms with Gasteiger partial charge in [-0.3, -0.25) is 4.90 Å². The van der Waals surface area contributed by atoms with E-state index in [1.54, 1.807) is 7.11 Å². The lowest BCUT2D eigenvalue weighted by atomic mass is 9.96. The van der Waals surface area contributed by atoms with Gasteiger partial charge in [0, 0.05) is 19.1 Å². The third-order valence-electron chi connectivity index (χ3n) is 4.77. The van der Waals surface area contributed by atoms with Crippen LogP contribution in [0.4, 0.5) is 0 Å². The van der Waals surface area contributed by atoms with Gasteiger partial charge in [-0.05, 0) is 56.0 Å². The van der Waals surface area contributed by atoms with Gasteiger partial charge in [0.05, 0.1) is 7.11 Å². The fourth-order valence-electron chi connectivity index (χ4n) is 3.10. The summed E-state index contributed by atoms with van der Waals surface area (Å²) in [5.41, 5.74) is 1.11. The lowest BCUT2D eigenvalue weighted by Gasteiger charge is -2.37. The van der Waals surface area contributed by atoms with E-state index in [-0.39, 0.29) is 6.04 Å². The number of hydrogen-bond donors (Lipinski definition) is 2. The summed E-state index contributed by atoms with van der Waals surface area (Å²) >= 11 is 0. The Hall–Kier alpha value is -1.15. The van der Waals surface area contributed by atoms with E-state index in [9.17, 15) is 8.42 Å². The number of rotatable bonds is 9. The number of methoxy groups -OCH3 is 1. The van der Waals surface area contributed by atoms with Crippen LogP contribution in [-0.4, -0.2) is 46.6 Å². The number of benzene rings is 1. The predicted molar refractivity (Wildman–Crippen MR) is 101 cm³/mol. The highest BCUT2D eigenvalue weighted by molar-refractivity contribution is 7.87. The van der Waals surface area contributed by atoms with E-state index in [1.165, 1.54) is 0 Å². The summed E-state index contributed by atoms with van der Waals surface area (Å²) in [4.78, 5) is 2.38. The standard InChI is InChI=1S/C18H31N3O3S/c1-4-11-19-25(22,23)20-14-18(21-12-9-15(2)10-13-21)16-5-7-17(24-3)8-6-16/h5-8,15,18-20H,4,9-14H2,1-3H3. The molecular formula is C18H31N3O3S. The fourth-order valence-corrected chi connectivity index (χ4v) is 4.05. The molecule has 1 aliphatic heterocycles. The molecular weight excluding hydrogens is 338 g/mol. The first kappa shape index (κ1) is 20.2. The molecule has 0 radical (unpaired) electrons. The largest absolute Gasteiger partial charge is 0.497 e. The third-order valence-corrected chi connectivity index (χ3v) is 5.90. The first-order valence-corrected chi connectivity index (χ1v) is 10.6. The van der Waals surface area contributed by atoms with Crippen molar-refractivity contribution in [1.29, 1.82) is 0 Å². The molecule has 0 aliphatic carbocycles. The number of likely N-dealkylation sites (tertiary alicyclic amines) is 1. The predicted octanol–water partition coefficient (Wildman–Crippen LogP) is 2.30. The van der Waals surface area contributed by atoms with Crippen LogP contribution in [0.15, 0.2) is 24.3 Å². The first-order valence-electron chi connectivity index (χ1n) is 9.07. The second-order valence-electron chi connectivity index (χ2n) is 6.75. The minimum atomic E-state index is -3.46. The van der Waals surface area contributed by atoms with Crippen LogP contribution < -0.4 is 14.2 Å². The number of ether oxygens (including phenoxy) is 1. The quantitative estimate of drug-likeness (QED) is 0.701. The van der Waals surface area contributed by atoms with E-state index in [2.05, 4.69) is 21.3 Å². The monoisotopic (exact) mass is 369 g/mol. The molecule has 2 rings (SSSR count). The Bertz CT molecular complexity index is 611. The molecule has 6 nitrogen and oxygen atoms in total. The van der Waals surface area contributed by atoms with Gasteiger partial charge in [0.2, 0.25) is 0 Å². The first-order chi connectivity index (χ1) is 11.9. The summed E-state index contributed by atoms with van der Waals surface area (Å²) in [6, 6.07) is 7.93. The van der Waals surface area contributed by atoms with Crippen molar-refractivity contribution in [1.82, 2.24) is 14.3 Å². The number of nitrogens with one attached hydrogen (secondary N) is 2. The average molecular weight is 370 g/mol. The highest BCUT2D eigenvalue weighted by Crippen LogP contribution is 2.27. The molecule has 1 fully saturated rings. The summed E-state index contributed by atoms with van der Waals surface area (Å²) in [6.07, 6.45) is 3.06. The van der Waals surface area contributed by atoms with Crippen LogP contribution >= 0.6 is 0 Å². The number of piperidine rings is 1. The van der Waals surface area contributed by atoms with Crippen LogP contribution in [-0.2, 0) is 10.2 Å². The maximum atomic E-state index is 12.1. The maximum Gasteiger partial charge on any atom is 0.276 e. The molecule has 1 unspecified atom stereocenters. The van der Waals surface area contributed by atoms with E-state index in [4.69, 9.17) is 4.74 Å². The number of nitrogens with zero attached hydrogens (tertiary/aromatic N) is 1. The van der Waals surface area contributed by atoms with Crippen LogP contribution in [0.1, 0.15) is 44.7 Å². The second kappa shape index (κ2) is 9.52. The van der Waals surface area contributed by atoms with E-state index in [0.29, 0.717) is 13.1 Å². The fraction of sp³-hybridized carbons (Fsp3) is 0.667. The summed E-state index contributed by atoms with van der Waals surface area (Å²) < 4.78 is 34.7. The smallest absolute Gasteiger partial charge is 0.276 e. The molecule has 2 N–H and O–H groups in total. The molecule has 0 bridgehead atoms. The molecule has 1 atom stereocenters. The van der Waals surface area contributed by atoms with Gasteiger partial charge in [0.15, 0.2) is 0 Å². The van der Waals surface area contributed by atoms with Gasteiger partial charge in [-0.1, -0.05) is 26.0 Å². The zero-order chi connectivity index (χ0) is 18.3.